The van der Waals surface area contributed by atoms with Crippen LogP contribution in [0.25, 0.3) is 0 Å². The first-order valence-electron chi connectivity index (χ1n) is 11.9. The second kappa shape index (κ2) is 11.0. The Hall–Kier alpha value is -3.17. The van der Waals surface area contributed by atoms with Gasteiger partial charge in [0.15, 0.2) is 0 Å². The van der Waals surface area contributed by atoms with E-state index in [1.165, 1.54) is 0 Å². The van der Waals surface area contributed by atoms with Gasteiger partial charge in [-0.25, -0.2) is 8.42 Å². The molecule has 2 heterocycles. The Morgan fingerprint density at radius 2 is 1.69 bits per heavy atom. The van der Waals surface area contributed by atoms with Gasteiger partial charge in [0, 0.05) is 24.3 Å². The van der Waals surface area contributed by atoms with Crippen molar-refractivity contribution in [2.75, 3.05) is 26.2 Å². The summed E-state index contributed by atoms with van der Waals surface area (Å²) in [4.78, 5) is 12.7. The molecule has 1 aromatic heterocycles. The highest BCUT2D eigenvalue weighted by Gasteiger charge is 2.25. The first-order chi connectivity index (χ1) is 16.8. The maximum Gasteiger partial charge on any atom is 0.251 e. The van der Waals surface area contributed by atoms with Gasteiger partial charge >= 0.3 is 0 Å². The molecule has 1 N–H and O–H groups in total. The Morgan fingerprint density at radius 3 is 2.31 bits per heavy atom. The van der Waals surface area contributed by atoms with Gasteiger partial charge < -0.3 is 10.1 Å². The molecule has 1 aliphatic heterocycles. The van der Waals surface area contributed by atoms with Gasteiger partial charge in [-0.2, -0.15) is 9.40 Å². The van der Waals surface area contributed by atoms with E-state index in [0.717, 1.165) is 36.2 Å². The molecular weight excluding hydrogens is 464 g/mol. The highest BCUT2D eigenvalue weighted by atomic mass is 32.2. The number of nitrogens with zero attached hydrogens (tertiary/aromatic N) is 3. The van der Waals surface area contributed by atoms with E-state index in [1.807, 2.05) is 36.7 Å². The van der Waals surface area contributed by atoms with E-state index in [1.54, 1.807) is 40.7 Å². The summed E-state index contributed by atoms with van der Waals surface area (Å²) >= 11 is 0. The Morgan fingerprint density at radius 1 is 1.00 bits per heavy atom. The number of ether oxygens (including phenoxy) is 1. The quantitative estimate of drug-likeness (QED) is 0.458. The summed E-state index contributed by atoms with van der Waals surface area (Å²) < 4.78 is 34.6. The minimum absolute atomic E-state index is 0.172. The second-order valence-corrected chi connectivity index (χ2v) is 10.8. The van der Waals surface area contributed by atoms with E-state index >= 15 is 0 Å². The summed E-state index contributed by atoms with van der Waals surface area (Å²) in [6.45, 7) is 6.42. The Kier molecular flexibility index (Phi) is 7.87. The average Bonchev–Trinajstić information content (AvgIpc) is 3.19. The molecule has 0 spiro atoms. The summed E-state index contributed by atoms with van der Waals surface area (Å²) in [5.41, 5.74) is 3.73. The molecule has 3 aromatic rings. The lowest BCUT2D eigenvalue weighted by atomic mass is 10.1. The molecule has 4 rings (SSSR count). The van der Waals surface area contributed by atoms with Gasteiger partial charge in [-0.05, 0) is 74.7 Å². The Labute approximate surface area is 207 Å². The number of rotatable bonds is 9. The number of nitrogens with one attached hydrogen (secondary N) is 1. The number of sulfonamides is 1. The average molecular weight is 497 g/mol. The fourth-order valence-corrected chi connectivity index (χ4v) is 5.68. The molecule has 0 atom stereocenters. The van der Waals surface area contributed by atoms with Crippen LogP contribution in [0.5, 0.6) is 5.75 Å². The van der Waals surface area contributed by atoms with Gasteiger partial charge in [0.25, 0.3) is 5.91 Å². The number of aryl methyl sites for hydroxylation is 2. The van der Waals surface area contributed by atoms with E-state index in [9.17, 15) is 13.2 Å². The summed E-state index contributed by atoms with van der Waals surface area (Å²) in [6.07, 6.45) is 2.88. The van der Waals surface area contributed by atoms with Crippen molar-refractivity contribution in [2.24, 2.45) is 0 Å². The lowest BCUT2D eigenvalue weighted by Crippen LogP contribution is -2.35. The first-order valence-corrected chi connectivity index (χ1v) is 13.4. The number of carbonyl (C=O) groups excluding carboxylic acids is 1. The number of carbonyl (C=O) groups is 1. The molecule has 9 heteroatoms. The third kappa shape index (κ3) is 6.29. The van der Waals surface area contributed by atoms with Crippen LogP contribution >= 0.6 is 0 Å². The number of hydrogen-bond donors (Lipinski definition) is 1. The van der Waals surface area contributed by atoms with Crippen molar-refractivity contribution in [2.45, 2.75) is 44.6 Å². The lowest BCUT2D eigenvalue weighted by Gasteiger charge is -2.25. The molecule has 1 amide bonds. The summed E-state index contributed by atoms with van der Waals surface area (Å²) in [6, 6.07) is 16.0. The van der Waals surface area contributed by atoms with Gasteiger partial charge in [0.1, 0.15) is 12.4 Å². The van der Waals surface area contributed by atoms with Crippen LogP contribution in [0, 0.1) is 13.8 Å². The van der Waals surface area contributed by atoms with Gasteiger partial charge in [0.05, 0.1) is 23.7 Å². The topological polar surface area (TPSA) is 93.5 Å². The number of amides is 1. The summed E-state index contributed by atoms with van der Waals surface area (Å²) in [5.74, 6) is 0.389. The van der Waals surface area contributed by atoms with Gasteiger partial charge in [0.2, 0.25) is 10.0 Å². The van der Waals surface area contributed by atoms with Crippen LogP contribution in [0.3, 0.4) is 0 Å². The number of piperidine rings is 1. The fourth-order valence-electron chi connectivity index (χ4n) is 4.17. The molecule has 0 aliphatic carbocycles. The molecule has 1 fully saturated rings. The van der Waals surface area contributed by atoms with Crippen molar-refractivity contribution in [3.05, 3.63) is 77.1 Å². The van der Waals surface area contributed by atoms with E-state index in [2.05, 4.69) is 10.4 Å². The van der Waals surface area contributed by atoms with Crippen molar-refractivity contribution < 1.29 is 17.9 Å². The molecule has 1 aliphatic rings. The molecule has 0 bridgehead atoms. The maximum absolute atomic E-state index is 12.7. The molecule has 0 saturated carbocycles. The third-order valence-corrected chi connectivity index (χ3v) is 8.00. The van der Waals surface area contributed by atoms with Gasteiger partial charge in [-0.15, -0.1) is 0 Å². The Bertz CT molecular complexity index is 1250. The maximum atomic E-state index is 12.7. The van der Waals surface area contributed by atoms with Crippen molar-refractivity contribution in [1.29, 1.82) is 0 Å². The minimum Gasteiger partial charge on any atom is -0.492 e. The van der Waals surface area contributed by atoms with E-state index < -0.39 is 10.0 Å². The molecule has 0 unspecified atom stereocenters. The standard InChI is InChI=1S/C26H32N4O4S/c1-20-18-21(2)30(28-20)19-22-6-8-23(9-7-22)26(31)27-14-17-34-24-10-12-25(13-11-24)35(32,33)29-15-4-3-5-16-29/h6-13,18H,3-5,14-17,19H2,1-2H3,(H,27,31). The predicted octanol–water partition coefficient (Wildman–Crippen LogP) is 3.53. The molecular formula is C26H32N4O4S. The molecule has 186 valence electrons. The van der Waals surface area contributed by atoms with Crippen LogP contribution in [0.15, 0.2) is 59.5 Å². The number of benzene rings is 2. The van der Waals surface area contributed by atoms with Crippen molar-refractivity contribution in [3.8, 4) is 5.75 Å². The predicted molar refractivity (Wildman–Crippen MR) is 134 cm³/mol. The monoisotopic (exact) mass is 496 g/mol. The van der Waals surface area contributed by atoms with Crippen LogP contribution in [0.2, 0.25) is 0 Å². The van der Waals surface area contributed by atoms with Gasteiger partial charge in [-0.3, -0.25) is 9.48 Å². The molecule has 0 radical (unpaired) electrons. The van der Waals surface area contributed by atoms with Crippen LogP contribution in [-0.2, 0) is 16.6 Å². The highest BCUT2D eigenvalue weighted by molar-refractivity contribution is 7.89. The first kappa shape index (κ1) is 24.9. The number of hydrogen-bond acceptors (Lipinski definition) is 5. The van der Waals surface area contributed by atoms with Crippen molar-refractivity contribution >= 4 is 15.9 Å². The second-order valence-electron chi connectivity index (χ2n) is 8.82. The minimum atomic E-state index is -3.45. The zero-order valence-corrected chi connectivity index (χ0v) is 21.1. The van der Waals surface area contributed by atoms with Crippen LogP contribution in [0.1, 0.15) is 46.6 Å². The Balaban J connectivity index is 1.23. The highest BCUT2D eigenvalue weighted by Crippen LogP contribution is 2.22. The summed E-state index contributed by atoms with van der Waals surface area (Å²) in [5, 5.41) is 7.31. The normalized spacial score (nSPS) is 14.6. The largest absolute Gasteiger partial charge is 0.492 e. The fraction of sp³-hybridized carbons (Fsp3) is 0.385. The summed E-state index contributed by atoms with van der Waals surface area (Å²) in [7, 11) is -3.45. The van der Waals surface area contributed by atoms with E-state index in [4.69, 9.17) is 4.74 Å². The lowest BCUT2D eigenvalue weighted by molar-refractivity contribution is 0.0947. The van der Waals surface area contributed by atoms with Crippen LogP contribution < -0.4 is 10.1 Å². The molecule has 2 aromatic carbocycles. The smallest absolute Gasteiger partial charge is 0.251 e. The van der Waals surface area contributed by atoms with Gasteiger partial charge in [-0.1, -0.05) is 18.6 Å². The molecule has 35 heavy (non-hydrogen) atoms. The van der Waals surface area contributed by atoms with Crippen molar-refractivity contribution in [1.82, 2.24) is 19.4 Å². The molecule has 8 nitrogen and oxygen atoms in total. The number of aromatic nitrogens is 2. The zero-order valence-electron chi connectivity index (χ0n) is 20.2. The SMILES string of the molecule is Cc1cc(C)n(Cc2ccc(C(=O)NCCOc3ccc(S(=O)(=O)N4CCCCC4)cc3)cc2)n1. The third-order valence-electron chi connectivity index (χ3n) is 6.08. The van der Waals surface area contributed by atoms with E-state index in [0.29, 0.717) is 37.5 Å². The van der Waals surface area contributed by atoms with E-state index in [-0.39, 0.29) is 17.4 Å². The molecule has 1 saturated heterocycles. The van der Waals surface area contributed by atoms with Crippen LogP contribution in [-0.4, -0.2) is 54.7 Å². The van der Waals surface area contributed by atoms with Crippen LogP contribution in [0.4, 0.5) is 0 Å². The zero-order chi connectivity index (χ0) is 24.8. The van der Waals surface area contributed by atoms with Crippen molar-refractivity contribution in [3.63, 3.8) is 0 Å².